The summed E-state index contributed by atoms with van der Waals surface area (Å²) in [7, 11) is 0. The van der Waals surface area contributed by atoms with Crippen molar-refractivity contribution >= 4 is 11.8 Å². The van der Waals surface area contributed by atoms with E-state index in [0.29, 0.717) is 24.2 Å². The van der Waals surface area contributed by atoms with E-state index in [4.69, 9.17) is 9.47 Å². The molecule has 2 saturated heterocycles. The number of likely N-dealkylation sites (tertiary alicyclic amines) is 1. The summed E-state index contributed by atoms with van der Waals surface area (Å²) in [4.78, 5) is 29.5. The summed E-state index contributed by atoms with van der Waals surface area (Å²) >= 11 is 0. The van der Waals surface area contributed by atoms with E-state index >= 15 is 0 Å². The van der Waals surface area contributed by atoms with Gasteiger partial charge in [0.05, 0.1) is 42.6 Å². The molecule has 2 N–H and O–H groups in total. The monoisotopic (exact) mass is 618 g/mol. The number of carbonyl (C=O) groups is 2. The molecule has 0 saturated carbocycles. The fraction of sp³-hybridized carbons (Fsp3) is 0.316. The molecule has 0 bridgehead atoms. The van der Waals surface area contributed by atoms with Crippen LogP contribution in [0, 0.1) is 5.92 Å². The number of β-amino-alcohol motifs (C(OH)–C–C–N with tert-alkyl or cyclic N) is 1. The summed E-state index contributed by atoms with van der Waals surface area (Å²) in [5.41, 5.74) is 6.44. The predicted molar refractivity (Wildman–Crippen MR) is 173 cm³/mol. The molecule has 0 aromatic heterocycles. The second kappa shape index (κ2) is 12.9. The Morgan fingerprint density at radius 1 is 0.783 bits per heavy atom. The first-order valence-corrected chi connectivity index (χ1v) is 15.9. The van der Waals surface area contributed by atoms with Crippen LogP contribution in [0.25, 0.3) is 11.1 Å². The number of ether oxygens (including phenoxy) is 2. The second-order valence-electron chi connectivity index (χ2n) is 12.6. The van der Waals surface area contributed by atoms with Crippen molar-refractivity contribution in [3.05, 3.63) is 130 Å². The molecule has 2 amide bonds. The van der Waals surface area contributed by atoms with E-state index in [-0.39, 0.29) is 49.2 Å². The number of aliphatic hydroxyl groups excluding tert-OH is 2. The van der Waals surface area contributed by atoms with E-state index in [0.717, 1.165) is 46.3 Å². The number of imide groups is 1. The molecular weight excluding hydrogens is 580 g/mol. The molecule has 3 heterocycles. The second-order valence-corrected chi connectivity index (χ2v) is 12.6. The van der Waals surface area contributed by atoms with Crippen molar-refractivity contribution < 1.29 is 29.3 Å². The molecule has 5 atom stereocenters. The van der Waals surface area contributed by atoms with Crippen LogP contribution in [-0.2, 0) is 22.6 Å². The average molecular weight is 619 g/mol. The Kier molecular flexibility index (Phi) is 8.55. The Morgan fingerprint density at radius 3 is 2.15 bits per heavy atom. The Hall–Kier alpha value is -4.18. The van der Waals surface area contributed by atoms with Crippen LogP contribution < -0.4 is 0 Å². The molecule has 46 heavy (non-hydrogen) atoms. The first kappa shape index (κ1) is 30.5. The van der Waals surface area contributed by atoms with Crippen molar-refractivity contribution in [3.63, 3.8) is 0 Å². The minimum Gasteiger partial charge on any atom is -0.392 e. The van der Waals surface area contributed by atoms with E-state index in [1.165, 1.54) is 4.90 Å². The highest BCUT2D eigenvalue weighted by molar-refractivity contribution is 6.21. The van der Waals surface area contributed by atoms with E-state index in [9.17, 15) is 19.8 Å². The van der Waals surface area contributed by atoms with Gasteiger partial charge in [-0.1, -0.05) is 79.7 Å². The fourth-order valence-corrected chi connectivity index (χ4v) is 6.84. The van der Waals surface area contributed by atoms with Crippen molar-refractivity contribution in [1.29, 1.82) is 0 Å². The third-order valence-corrected chi connectivity index (χ3v) is 9.45. The van der Waals surface area contributed by atoms with Crippen molar-refractivity contribution in [2.24, 2.45) is 5.92 Å². The van der Waals surface area contributed by atoms with Crippen LogP contribution in [0.1, 0.15) is 68.7 Å². The molecule has 4 aromatic rings. The summed E-state index contributed by atoms with van der Waals surface area (Å²) in [5.74, 6) is -0.490. The lowest BCUT2D eigenvalue weighted by molar-refractivity contribution is -0.276. The third-order valence-electron chi connectivity index (χ3n) is 9.45. The average Bonchev–Trinajstić information content (AvgIpc) is 3.61. The van der Waals surface area contributed by atoms with Crippen molar-refractivity contribution in [2.45, 2.75) is 51.1 Å². The zero-order valence-corrected chi connectivity index (χ0v) is 25.8. The summed E-state index contributed by atoms with van der Waals surface area (Å²) < 4.78 is 13.4. The van der Waals surface area contributed by atoms with Crippen LogP contribution >= 0.6 is 0 Å². The van der Waals surface area contributed by atoms with Crippen LogP contribution in [-0.4, -0.2) is 63.7 Å². The Balaban J connectivity index is 1.14. The molecule has 0 unspecified atom stereocenters. The lowest BCUT2D eigenvalue weighted by atomic mass is 9.90. The zero-order chi connectivity index (χ0) is 31.8. The Labute approximate surface area is 268 Å². The van der Waals surface area contributed by atoms with Gasteiger partial charge in [0, 0.05) is 31.1 Å². The van der Waals surface area contributed by atoms with Gasteiger partial charge in [0.15, 0.2) is 6.29 Å². The highest BCUT2D eigenvalue weighted by Crippen LogP contribution is 2.42. The maximum Gasteiger partial charge on any atom is 0.261 e. The van der Waals surface area contributed by atoms with Gasteiger partial charge in [-0.05, 0) is 58.5 Å². The topological polar surface area (TPSA) is 99.5 Å². The van der Waals surface area contributed by atoms with Crippen molar-refractivity contribution in [1.82, 2.24) is 9.80 Å². The lowest BCUT2D eigenvalue weighted by Crippen LogP contribution is -2.44. The van der Waals surface area contributed by atoms with Gasteiger partial charge in [-0.3, -0.25) is 19.4 Å². The highest BCUT2D eigenvalue weighted by Gasteiger charge is 2.40. The predicted octanol–water partition coefficient (Wildman–Crippen LogP) is 5.50. The number of hydrogen-bond donors (Lipinski definition) is 2. The van der Waals surface area contributed by atoms with E-state index in [2.05, 4.69) is 17.9 Å². The van der Waals surface area contributed by atoms with Gasteiger partial charge in [-0.25, -0.2) is 0 Å². The first-order valence-electron chi connectivity index (χ1n) is 15.9. The van der Waals surface area contributed by atoms with Gasteiger partial charge in [0.1, 0.15) is 0 Å². The molecule has 0 spiro atoms. The van der Waals surface area contributed by atoms with Gasteiger partial charge >= 0.3 is 0 Å². The van der Waals surface area contributed by atoms with Crippen LogP contribution in [0.2, 0.25) is 0 Å². The van der Waals surface area contributed by atoms with Gasteiger partial charge in [-0.15, -0.1) is 0 Å². The van der Waals surface area contributed by atoms with E-state index in [1.54, 1.807) is 24.3 Å². The molecule has 8 heteroatoms. The molecule has 7 rings (SSSR count). The maximum absolute atomic E-state index is 13.0. The zero-order valence-electron chi connectivity index (χ0n) is 25.8. The molecule has 0 aliphatic carbocycles. The number of fused-ring (bicyclic) bond motifs is 1. The third kappa shape index (κ3) is 6.02. The first-order chi connectivity index (χ1) is 22.4. The number of hydrogen-bond acceptors (Lipinski definition) is 7. The van der Waals surface area contributed by atoms with Crippen LogP contribution in [0.4, 0.5) is 0 Å². The number of amides is 2. The number of rotatable bonds is 8. The van der Waals surface area contributed by atoms with Crippen molar-refractivity contribution in [3.8, 4) is 11.1 Å². The van der Waals surface area contributed by atoms with Crippen LogP contribution in [0.3, 0.4) is 0 Å². The highest BCUT2D eigenvalue weighted by atomic mass is 16.7. The quantitative estimate of drug-likeness (QED) is 0.252. The van der Waals surface area contributed by atoms with Gasteiger partial charge in [0.25, 0.3) is 11.8 Å². The largest absolute Gasteiger partial charge is 0.392 e. The van der Waals surface area contributed by atoms with Gasteiger partial charge in [-0.2, -0.15) is 0 Å². The molecule has 2 fully saturated rings. The van der Waals surface area contributed by atoms with Gasteiger partial charge in [0.2, 0.25) is 0 Å². The molecule has 3 aliphatic rings. The Bertz CT molecular complexity index is 1700. The fourth-order valence-electron chi connectivity index (χ4n) is 6.84. The molecular formula is C38H38N2O6. The van der Waals surface area contributed by atoms with Crippen LogP contribution in [0.15, 0.2) is 97.1 Å². The SMILES string of the molecule is C[C@H]1[C@@H](CN2CC[C@H](O)C2)O[C@@H](c2cccc(-c3cccc(CN4C(=O)c5ccccc5C4=O)c3)c2)O[C@H]1c1ccc(CO)cc1. The standard InChI is InChI=1S/C38H38N2O6/c1-24-34(22-39-17-16-31(42)21-39)45-38(46-35(24)27-14-12-25(23-41)13-15-27)30-9-5-8-29(19-30)28-7-4-6-26(18-28)20-40-36(43)32-10-2-3-11-33(32)37(40)44/h2-15,18-19,24,31,34-35,38,41-42H,16-17,20-23H2,1H3/t24-,31-,34+,35+,38+/m0/s1. The molecule has 8 nitrogen and oxygen atoms in total. The summed E-state index contributed by atoms with van der Waals surface area (Å²) in [6.07, 6.45) is -0.509. The summed E-state index contributed by atoms with van der Waals surface area (Å²) in [6, 6.07) is 30.8. The maximum atomic E-state index is 13.0. The van der Waals surface area contributed by atoms with Crippen molar-refractivity contribution in [2.75, 3.05) is 19.6 Å². The van der Waals surface area contributed by atoms with E-state index in [1.807, 2.05) is 66.7 Å². The molecule has 4 aromatic carbocycles. The van der Waals surface area contributed by atoms with E-state index < -0.39 is 6.29 Å². The number of nitrogens with zero attached hydrogens (tertiary/aromatic N) is 2. The normalized spacial score (nSPS) is 24.8. The molecule has 236 valence electrons. The smallest absolute Gasteiger partial charge is 0.261 e. The van der Waals surface area contributed by atoms with Gasteiger partial charge < -0.3 is 19.7 Å². The number of aliphatic hydroxyl groups is 2. The molecule has 3 aliphatic heterocycles. The Morgan fingerprint density at radius 2 is 1.48 bits per heavy atom. The summed E-state index contributed by atoms with van der Waals surface area (Å²) in [6.45, 7) is 4.49. The minimum atomic E-state index is -0.613. The number of carbonyl (C=O) groups excluding carboxylic acids is 2. The number of benzene rings is 4. The molecule has 0 radical (unpaired) electrons. The lowest BCUT2D eigenvalue weighted by Gasteiger charge is -2.42. The summed E-state index contributed by atoms with van der Waals surface area (Å²) in [5, 5.41) is 19.7. The van der Waals surface area contributed by atoms with Crippen LogP contribution in [0.5, 0.6) is 0 Å². The minimum absolute atomic E-state index is 0.0146.